The summed E-state index contributed by atoms with van der Waals surface area (Å²) in [6, 6.07) is 4.37. The van der Waals surface area contributed by atoms with Gasteiger partial charge in [-0.3, -0.25) is 10.1 Å². The van der Waals surface area contributed by atoms with E-state index in [0.29, 0.717) is 31.3 Å². The van der Waals surface area contributed by atoms with Crippen LogP contribution in [0, 0.1) is 10.1 Å². The molecule has 2 rings (SSSR count). The van der Waals surface area contributed by atoms with Gasteiger partial charge in [-0.05, 0) is 6.07 Å². The van der Waals surface area contributed by atoms with Crippen LogP contribution >= 0.6 is 0 Å². The molecule has 0 bridgehead atoms. The van der Waals surface area contributed by atoms with Gasteiger partial charge in [0.2, 0.25) is 0 Å². The van der Waals surface area contributed by atoms with E-state index in [9.17, 15) is 10.1 Å². The van der Waals surface area contributed by atoms with Crippen LogP contribution in [0.1, 0.15) is 0 Å². The molecule has 1 heterocycles. The van der Waals surface area contributed by atoms with Crippen LogP contribution in [0.2, 0.25) is 0 Å². The van der Waals surface area contributed by atoms with E-state index in [0.717, 1.165) is 6.54 Å². The fraction of sp³-hybridized carbons (Fsp3) is 0.400. The molecule has 0 aliphatic carbocycles. The highest BCUT2D eigenvalue weighted by Gasteiger charge is 2.13. The molecule has 6 nitrogen and oxygen atoms in total. The van der Waals surface area contributed by atoms with Crippen molar-refractivity contribution in [2.75, 3.05) is 26.3 Å². The number of hydrogen-bond donors (Lipinski definition) is 1. The van der Waals surface area contributed by atoms with Crippen LogP contribution in [0.15, 0.2) is 18.2 Å². The molecule has 1 aromatic rings. The maximum atomic E-state index is 10.6. The number of fused-ring (bicyclic) bond motifs is 1. The molecule has 0 spiro atoms. The van der Waals surface area contributed by atoms with Crippen LogP contribution in [0.3, 0.4) is 0 Å². The van der Waals surface area contributed by atoms with Crippen molar-refractivity contribution in [3.05, 3.63) is 28.3 Å². The number of rotatable bonds is 1. The summed E-state index contributed by atoms with van der Waals surface area (Å²) >= 11 is 0. The van der Waals surface area contributed by atoms with Crippen molar-refractivity contribution in [1.29, 1.82) is 0 Å². The van der Waals surface area contributed by atoms with Crippen molar-refractivity contribution < 1.29 is 14.4 Å². The maximum Gasteiger partial charge on any atom is 0.273 e. The summed E-state index contributed by atoms with van der Waals surface area (Å²) in [7, 11) is 0. The molecule has 1 aliphatic rings. The van der Waals surface area contributed by atoms with Crippen LogP contribution in [0.4, 0.5) is 5.69 Å². The van der Waals surface area contributed by atoms with Crippen LogP contribution in [0.25, 0.3) is 0 Å². The van der Waals surface area contributed by atoms with Crippen molar-refractivity contribution in [3.63, 3.8) is 0 Å². The second-order valence-corrected chi connectivity index (χ2v) is 3.34. The predicted octanol–water partition coefficient (Wildman–Crippen LogP) is 0.956. The summed E-state index contributed by atoms with van der Waals surface area (Å²) in [5.74, 6) is 0.979. The van der Waals surface area contributed by atoms with Gasteiger partial charge in [-0.15, -0.1) is 0 Å². The second-order valence-electron chi connectivity index (χ2n) is 3.34. The van der Waals surface area contributed by atoms with Gasteiger partial charge in [0.25, 0.3) is 5.69 Å². The molecule has 0 aromatic heterocycles. The highest BCUT2D eigenvalue weighted by Crippen LogP contribution is 2.31. The van der Waals surface area contributed by atoms with Gasteiger partial charge < -0.3 is 14.8 Å². The first-order valence-corrected chi connectivity index (χ1v) is 5.02. The van der Waals surface area contributed by atoms with Crippen molar-refractivity contribution in [3.8, 4) is 11.5 Å². The summed E-state index contributed by atoms with van der Waals surface area (Å²) in [6.45, 7) is 2.43. The lowest BCUT2D eigenvalue weighted by atomic mass is 10.3. The van der Waals surface area contributed by atoms with Gasteiger partial charge in [0.05, 0.1) is 11.0 Å². The molecule has 86 valence electrons. The van der Waals surface area contributed by atoms with E-state index >= 15 is 0 Å². The minimum atomic E-state index is -0.450. The van der Waals surface area contributed by atoms with E-state index in [1.54, 1.807) is 6.07 Å². The molecular weight excluding hydrogens is 212 g/mol. The van der Waals surface area contributed by atoms with Crippen LogP contribution < -0.4 is 14.8 Å². The first-order chi connectivity index (χ1) is 7.77. The molecule has 0 unspecified atom stereocenters. The SMILES string of the molecule is O=[N+]([O-])c1ccc2c(c1)OCCNCCO2. The lowest BCUT2D eigenvalue weighted by Crippen LogP contribution is -2.24. The van der Waals surface area contributed by atoms with E-state index in [2.05, 4.69) is 5.32 Å². The monoisotopic (exact) mass is 224 g/mol. The molecule has 0 saturated carbocycles. The first-order valence-electron chi connectivity index (χ1n) is 5.02. The van der Waals surface area contributed by atoms with E-state index < -0.39 is 4.92 Å². The molecular formula is C10H12N2O4. The zero-order valence-corrected chi connectivity index (χ0v) is 8.64. The molecule has 0 atom stereocenters. The number of non-ortho nitro benzene ring substituents is 1. The average Bonchev–Trinajstić information content (AvgIpc) is 2.39. The number of nitro benzene ring substituents is 1. The van der Waals surface area contributed by atoms with Gasteiger partial charge in [-0.25, -0.2) is 0 Å². The standard InChI is InChI=1S/C10H12N2O4/c13-12(14)8-1-2-9-10(7-8)16-6-4-11-3-5-15-9/h1-2,7,11H,3-6H2. The summed E-state index contributed by atoms with van der Waals surface area (Å²) in [5, 5.41) is 13.7. The van der Waals surface area contributed by atoms with Gasteiger partial charge in [0, 0.05) is 19.2 Å². The van der Waals surface area contributed by atoms with Crippen LogP contribution in [-0.2, 0) is 0 Å². The zero-order valence-electron chi connectivity index (χ0n) is 8.64. The Morgan fingerprint density at radius 1 is 1.19 bits per heavy atom. The second kappa shape index (κ2) is 4.80. The highest BCUT2D eigenvalue weighted by atomic mass is 16.6. The van der Waals surface area contributed by atoms with E-state index in [-0.39, 0.29) is 5.69 Å². The van der Waals surface area contributed by atoms with E-state index in [4.69, 9.17) is 9.47 Å². The number of ether oxygens (including phenoxy) is 2. The predicted molar refractivity (Wildman–Crippen MR) is 57.0 cm³/mol. The summed E-state index contributed by atoms with van der Waals surface area (Å²) < 4.78 is 10.8. The smallest absolute Gasteiger partial charge is 0.273 e. The topological polar surface area (TPSA) is 73.6 Å². The number of nitrogens with zero attached hydrogens (tertiary/aromatic N) is 1. The third-order valence-corrected chi connectivity index (χ3v) is 2.21. The Balaban J connectivity index is 2.27. The maximum absolute atomic E-state index is 10.6. The van der Waals surface area contributed by atoms with Gasteiger partial charge in [-0.2, -0.15) is 0 Å². The number of nitrogens with one attached hydrogen (secondary N) is 1. The summed E-state index contributed by atoms with van der Waals surface area (Å²) in [5.41, 5.74) is 0.00885. The number of nitro groups is 1. The van der Waals surface area contributed by atoms with Crippen LogP contribution in [-0.4, -0.2) is 31.2 Å². The van der Waals surface area contributed by atoms with Crippen LogP contribution in [0.5, 0.6) is 11.5 Å². The molecule has 0 saturated heterocycles. The minimum absolute atomic E-state index is 0.00885. The molecule has 0 radical (unpaired) electrons. The molecule has 0 fully saturated rings. The third kappa shape index (κ3) is 2.40. The Bertz CT molecular complexity index is 394. The Morgan fingerprint density at radius 2 is 1.88 bits per heavy atom. The van der Waals surface area contributed by atoms with Gasteiger partial charge >= 0.3 is 0 Å². The fourth-order valence-electron chi connectivity index (χ4n) is 1.43. The summed E-state index contributed by atoms with van der Waals surface area (Å²) in [4.78, 5) is 10.2. The van der Waals surface area contributed by atoms with Gasteiger partial charge in [0.15, 0.2) is 11.5 Å². The van der Waals surface area contributed by atoms with Crippen molar-refractivity contribution in [1.82, 2.24) is 5.32 Å². The Kier molecular flexibility index (Phi) is 3.21. The Hall–Kier alpha value is -1.82. The molecule has 16 heavy (non-hydrogen) atoms. The lowest BCUT2D eigenvalue weighted by Gasteiger charge is -2.09. The number of hydrogen-bond acceptors (Lipinski definition) is 5. The quantitative estimate of drug-likeness (QED) is 0.568. The molecule has 1 aromatic carbocycles. The highest BCUT2D eigenvalue weighted by molar-refractivity contribution is 5.48. The minimum Gasteiger partial charge on any atom is -0.488 e. The lowest BCUT2D eigenvalue weighted by molar-refractivity contribution is -0.385. The Labute approximate surface area is 92.3 Å². The van der Waals surface area contributed by atoms with Crippen molar-refractivity contribution in [2.45, 2.75) is 0 Å². The van der Waals surface area contributed by atoms with E-state index in [1.807, 2.05) is 0 Å². The van der Waals surface area contributed by atoms with Crippen molar-refractivity contribution >= 4 is 5.69 Å². The Morgan fingerprint density at radius 3 is 2.56 bits per heavy atom. The van der Waals surface area contributed by atoms with E-state index in [1.165, 1.54) is 12.1 Å². The summed E-state index contributed by atoms with van der Waals surface area (Å²) in [6.07, 6.45) is 0. The van der Waals surface area contributed by atoms with Crippen molar-refractivity contribution in [2.24, 2.45) is 0 Å². The third-order valence-electron chi connectivity index (χ3n) is 2.21. The van der Waals surface area contributed by atoms with Gasteiger partial charge in [-0.1, -0.05) is 0 Å². The molecule has 1 N–H and O–H groups in total. The number of benzene rings is 1. The normalized spacial score (nSPS) is 15.8. The zero-order chi connectivity index (χ0) is 11.4. The molecule has 1 aliphatic heterocycles. The van der Waals surface area contributed by atoms with Gasteiger partial charge in [0.1, 0.15) is 13.2 Å². The average molecular weight is 224 g/mol. The fourth-order valence-corrected chi connectivity index (χ4v) is 1.43. The molecule has 6 heteroatoms. The molecule has 0 amide bonds. The largest absolute Gasteiger partial charge is 0.488 e. The first kappa shape index (κ1) is 10.7.